The average Bonchev–Trinajstić information content (AvgIpc) is 2.03. The highest BCUT2D eigenvalue weighted by molar-refractivity contribution is 7.94. The van der Waals surface area contributed by atoms with Crippen LogP contribution in [0, 0.1) is 0 Å². The van der Waals surface area contributed by atoms with Crippen molar-refractivity contribution in [1.29, 1.82) is 0 Å². The largest absolute Gasteiger partial charge is 0.244 e. The van der Waals surface area contributed by atoms with Crippen molar-refractivity contribution in [3.8, 4) is 0 Å². The van der Waals surface area contributed by atoms with Crippen molar-refractivity contribution in [3.63, 3.8) is 0 Å². The zero-order chi connectivity index (χ0) is 7.23. The Labute approximate surface area is 61.1 Å². The molecular formula is C4H4N2O3S. The standard InChI is InChI=1S/C4H4N2O3S/c7-8-9-10-4-1-5-3-6-2-4/h1-3,7H. The average molecular weight is 160 g/mol. The summed E-state index contributed by atoms with van der Waals surface area (Å²) in [5, 5.41) is 11.1. The first-order valence-electron chi connectivity index (χ1n) is 2.33. The van der Waals surface area contributed by atoms with Crippen LogP contribution in [0.3, 0.4) is 0 Å². The van der Waals surface area contributed by atoms with Gasteiger partial charge in [0.2, 0.25) is 0 Å². The summed E-state index contributed by atoms with van der Waals surface area (Å²) < 4.78 is 4.11. The molecule has 1 rings (SSSR count). The quantitative estimate of drug-likeness (QED) is 0.402. The van der Waals surface area contributed by atoms with Gasteiger partial charge in [0.1, 0.15) is 6.33 Å². The van der Waals surface area contributed by atoms with E-state index in [0.717, 1.165) is 12.0 Å². The van der Waals surface area contributed by atoms with Gasteiger partial charge >= 0.3 is 0 Å². The van der Waals surface area contributed by atoms with Crippen LogP contribution in [0.4, 0.5) is 0 Å². The van der Waals surface area contributed by atoms with E-state index in [1.165, 1.54) is 18.7 Å². The predicted octanol–water partition coefficient (Wildman–Crippen LogP) is 0.905. The molecule has 1 aromatic heterocycles. The van der Waals surface area contributed by atoms with E-state index in [2.05, 4.69) is 19.3 Å². The number of hydrogen-bond acceptors (Lipinski definition) is 6. The van der Waals surface area contributed by atoms with Gasteiger partial charge in [-0.3, -0.25) is 0 Å². The summed E-state index contributed by atoms with van der Waals surface area (Å²) in [6.07, 6.45) is 4.44. The fraction of sp³-hybridized carbons (Fsp3) is 0. The molecule has 0 aliphatic heterocycles. The molecule has 0 atom stereocenters. The minimum atomic E-state index is 0.650. The second-order valence-corrected chi connectivity index (χ2v) is 2.07. The zero-order valence-electron chi connectivity index (χ0n) is 4.80. The SMILES string of the molecule is OOOSc1cncnc1. The van der Waals surface area contributed by atoms with E-state index >= 15 is 0 Å². The van der Waals surface area contributed by atoms with Gasteiger partial charge in [-0.15, -0.1) is 4.33 Å². The molecule has 0 bridgehead atoms. The van der Waals surface area contributed by atoms with Crippen molar-refractivity contribution in [2.24, 2.45) is 0 Å². The van der Waals surface area contributed by atoms with Gasteiger partial charge in [-0.05, 0) is 0 Å². The lowest BCUT2D eigenvalue weighted by Gasteiger charge is -1.92. The molecule has 0 unspecified atom stereocenters. The summed E-state index contributed by atoms with van der Waals surface area (Å²) in [5.41, 5.74) is 0. The molecule has 0 spiro atoms. The second-order valence-electron chi connectivity index (χ2n) is 1.30. The first-order chi connectivity index (χ1) is 4.93. The summed E-state index contributed by atoms with van der Waals surface area (Å²) in [6.45, 7) is 0. The number of nitrogens with zero attached hydrogens (tertiary/aromatic N) is 2. The number of rotatable bonds is 3. The van der Waals surface area contributed by atoms with Crippen LogP contribution in [0.5, 0.6) is 0 Å². The third kappa shape index (κ3) is 2.28. The van der Waals surface area contributed by atoms with E-state index in [1.54, 1.807) is 0 Å². The van der Waals surface area contributed by atoms with Crippen LogP contribution in [-0.4, -0.2) is 15.2 Å². The molecule has 0 aliphatic carbocycles. The molecular weight excluding hydrogens is 156 g/mol. The normalized spacial score (nSPS) is 9.70. The second kappa shape index (κ2) is 4.18. The Morgan fingerprint density at radius 3 is 2.70 bits per heavy atom. The molecule has 0 saturated heterocycles. The van der Waals surface area contributed by atoms with Crippen molar-refractivity contribution in [2.75, 3.05) is 0 Å². The summed E-state index contributed by atoms with van der Waals surface area (Å²) in [5.74, 6) is 0. The molecule has 6 heteroatoms. The molecule has 1 heterocycles. The van der Waals surface area contributed by atoms with Crippen LogP contribution in [-0.2, 0) is 9.37 Å². The maximum atomic E-state index is 7.74. The van der Waals surface area contributed by atoms with Crippen LogP contribution in [0.2, 0.25) is 0 Å². The van der Waals surface area contributed by atoms with Gasteiger partial charge in [-0.2, -0.15) is 0 Å². The molecule has 0 fully saturated rings. The van der Waals surface area contributed by atoms with E-state index in [9.17, 15) is 0 Å². The smallest absolute Gasteiger partial charge is 0.115 e. The Kier molecular flexibility index (Phi) is 3.10. The van der Waals surface area contributed by atoms with E-state index in [-0.39, 0.29) is 0 Å². The Morgan fingerprint density at radius 2 is 2.10 bits per heavy atom. The van der Waals surface area contributed by atoms with Crippen molar-refractivity contribution in [2.45, 2.75) is 4.90 Å². The monoisotopic (exact) mass is 160 g/mol. The lowest BCUT2D eigenvalue weighted by Crippen LogP contribution is -1.80. The van der Waals surface area contributed by atoms with E-state index in [4.69, 9.17) is 5.26 Å². The van der Waals surface area contributed by atoms with Gasteiger partial charge in [0.25, 0.3) is 0 Å². The maximum absolute atomic E-state index is 7.74. The predicted molar refractivity (Wildman–Crippen MR) is 32.7 cm³/mol. The van der Waals surface area contributed by atoms with Gasteiger partial charge < -0.3 is 0 Å². The minimum absolute atomic E-state index is 0.650. The minimum Gasteiger partial charge on any atom is -0.244 e. The Morgan fingerprint density at radius 1 is 1.40 bits per heavy atom. The van der Waals surface area contributed by atoms with Crippen LogP contribution in [0.15, 0.2) is 23.6 Å². The van der Waals surface area contributed by atoms with Gasteiger partial charge in [-0.25, -0.2) is 15.2 Å². The van der Waals surface area contributed by atoms with Gasteiger partial charge in [-0.1, -0.05) is 5.04 Å². The Bertz CT molecular complexity index is 183. The van der Waals surface area contributed by atoms with Crippen LogP contribution in [0.1, 0.15) is 0 Å². The van der Waals surface area contributed by atoms with Crippen LogP contribution < -0.4 is 0 Å². The lowest BCUT2D eigenvalue weighted by atomic mass is 10.7. The highest BCUT2D eigenvalue weighted by Crippen LogP contribution is 2.15. The van der Waals surface area contributed by atoms with E-state index in [1.807, 2.05) is 0 Å². The molecule has 0 aromatic carbocycles. The summed E-state index contributed by atoms with van der Waals surface area (Å²) >= 11 is 0.823. The van der Waals surface area contributed by atoms with Crippen molar-refractivity contribution in [3.05, 3.63) is 18.7 Å². The molecule has 5 nitrogen and oxygen atoms in total. The van der Waals surface area contributed by atoms with Crippen molar-refractivity contribution >= 4 is 12.0 Å². The topological polar surface area (TPSA) is 64.5 Å². The van der Waals surface area contributed by atoms with Crippen LogP contribution in [0.25, 0.3) is 0 Å². The highest BCUT2D eigenvalue weighted by Gasteiger charge is 1.92. The third-order valence-electron chi connectivity index (χ3n) is 0.698. The van der Waals surface area contributed by atoms with Crippen molar-refractivity contribution < 1.29 is 14.6 Å². The summed E-state index contributed by atoms with van der Waals surface area (Å²) in [7, 11) is 0. The highest BCUT2D eigenvalue weighted by atomic mass is 32.2. The first-order valence-corrected chi connectivity index (χ1v) is 3.07. The molecule has 0 saturated carbocycles. The first kappa shape index (κ1) is 7.42. The summed E-state index contributed by atoms with van der Waals surface area (Å²) in [6, 6.07) is 0. The fourth-order valence-electron chi connectivity index (χ4n) is 0.383. The van der Waals surface area contributed by atoms with Gasteiger partial charge in [0.15, 0.2) is 0 Å². The molecule has 1 N–H and O–H groups in total. The molecule has 0 aliphatic rings. The van der Waals surface area contributed by atoms with E-state index in [0.29, 0.717) is 4.90 Å². The molecule has 10 heavy (non-hydrogen) atoms. The van der Waals surface area contributed by atoms with Gasteiger partial charge in [0, 0.05) is 12.4 Å². The maximum Gasteiger partial charge on any atom is 0.115 e. The summed E-state index contributed by atoms with van der Waals surface area (Å²) in [4.78, 5) is 8.03. The third-order valence-corrected chi connectivity index (χ3v) is 1.23. The molecule has 0 amide bonds. The molecule has 54 valence electrons. The number of aromatic nitrogens is 2. The van der Waals surface area contributed by atoms with E-state index < -0.39 is 0 Å². The molecule has 1 aromatic rings. The zero-order valence-corrected chi connectivity index (χ0v) is 5.61. The van der Waals surface area contributed by atoms with Crippen molar-refractivity contribution in [1.82, 2.24) is 9.97 Å². The Balaban J connectivity index is 2.43. The van der Waals surface area contributed by atoms with Gasteiger partial charge in [0.05, 0.1) is 16.9 Å². The molecule has 0 radical (unpaired) electrons. The fourth-order valence-corrected chi connectivity index (χ4v) is 0.700. The Hall–Kier alpha value is -0.690. The number of hydrogen-bond donors (Lipinski definition) is 1. The van der Waals surface area contributed by atoms with Crippen LogP contribution >= 0.6 is 12.0 Å². The lowest BCUT2D eigenvalue weighted by molar-refractivity contribution is -0.432.